The molecule has 0 aromatic heterocycles. The van der Waals surface area contributed by atoms with Crippen molar-refractivity contribution in [1.82, 2.24) is 15.1 Å². The maximum absolute atomic E-state index is 12.3. The van der Waals surface area contributed by atoms with Crippen LogP contribution in [0.5, 0.6) is 5.75 Å². The van der Waals surface area contributed by atoms with Crippen molar-refractivity contribution in [1.29, 1.82) is 0 Å². The molecule has 1 aliphatic heterocycles. The molecule has 0 bridgehead atoms. The zero-order chi connectivity index (χ0) is 18.4. The van der Waals surface area contributed by atoms with E-state index in [0.717, 1.165) is 49.6 Å². The van der Waals surface area contributed by atoms with Crippen LogP contribution in [0.2, 0.25) is 0 Å². The average Bonchev–Trinajstić information content (AvgIpc) is 2.69. The molecule has 0 atom stereocenters. The highest BCUT2D eigenvalue weighted by Crippen LogP contribution is 2.20. The van der Waals surface area contributed by atoms with Crippen LogP contribution in [0.25, 0.3) is 0 Å². The quantitative estimate of drug-likeness (QED) is 0.899. The number of benzene rings is 2. The number of carbonyl (C=O) groups is 1. The molecule has 0 radical (unpaired) electrons. The Morgan fingerprint density at radius 2 is 1.77 bits per heavy atom. The van der Waals surface area contributed by atoms with Gasteiger partial charge in [-0.05, 0) is 29.7 Å². The van der Waals surface area contributed by atoms with E-state index in [0.29, 0.717) is 6.54 Å². The zero-order valence-electron chi connectivity index (χ0n) is 15.6. The highest BCUT2D eigenvalue weighted by atomic mass is 16.5. The summed E-state index contributed by atoms with van der Waals surface area (Å²) in [5.74, 6) is 0.932. The Morgan fingerprint density at radius 3 is 2.46 bits per heavy atom. The third-order valence-electron chi connectivity index (χ3n) is 4.82. The number of urea groups is 1. The molecular weight excluding hydrogens is 326 g/mol. The largest absolute Gasteiger partial charge is 0.496 e. The molecule has 1 heterocycles. The zero-order valence-corrected chi connectivity index (χ0v) is 15.6. The molecule has 0 aliphatic carbocycles. The van der Waals surface area contributed by atoms with Crippen molar-refractivity contribution in [2.45, 2.75) is 20.0 Å². The molecule has 2 aromatic rings. The summed E-state index contributed by atoms with van der Waals surface area (Å²) < 4.78 is 5.41. The number of nitrogens with one attached hydrogen (secondary N) is 1. The number of methoxy groups -OCH3 is 1. The Hall–Kier alpha value is -2.53. The number of nitrogens with zero attached hydrogens (tertiary/aromatic N) is 2. The second-order valence-electron chi connectivity index (χ2n) is 6.71. The molecule has 138 valence electrons. The van der Waals surface area contributed by atoms with Crippen LogP contribution in [0.3, 0.4) is 0 Å². The Labute approximate surface area is 155 Å². The third-order valence-corrected chi connectivity index (χ3v) is 4.82. The fourth-order valence-electron chi connectivity index (χ4n) is 3.22. The van der Waals surface area contributed by atoms with E-state index in [9.17, 15) is 4.79 Å². The van der Waals surface area contributed by atoms with Crippen LogP contribution in [-0.4, -0.2) is 49.1 Å². The number of piperazine rings is 1. The molecule has 26 heavy (non-hydrogen) atoms. The lowest BCUT2D eigenvalue weighted by Crippen LogP contribution is -2.51. The van der Waals surface area contributed by atoms with Gasteiger partial charge in [0.25, 0.3) is 0 Å². The lowest BCUT2D eigenvalue weighted by Gasteiger charge is -2.34. The van der Waals surface area contributed by atoms with Crippen LogP contribution in [0.4, 0.5) is 4.79 Å². The van der Waals surface area contributed by atoms with Gasteiger partial charge in [0.05, 0.1) is 7.11 Å². The van der Waals surface area contributed by atoms with Gasteiger partial charge in [-0.1, -0.05) is 42.5 Å². The van der Waals surface area contributed by atoms with Crippen LogP contribution >= 0.6 is 0 Å². The minimum atomic E-state index is 0.0190. The fraction of sp³-hybridized carbons (Fsp3) is 0.381. The van der Waals surface area contributed by atoms with Gasteiger partial charge in [0.15, 0.2) is 0 Å². The van der Waals surface area contributed by atoms with Crippen molar-refractivity contribution >= 4 is 6.03 Å². The molecule has 2 amide bonds. The lowest BCUT2D eigenvalue weighted by molar-refractivity contribution is 0.135. The van der Waals surface area contributed by atoms with E-state index in [1.807, 2.05) is 35.2 Å². The van der Waals surface area contributed by atoms with Crippen molar-refractivity contribution in [3.63, 3.8) is 0 Å². The summed E-state index contributed by atoms with van der Waals surface area (Å²) in [5.41, 5.74) is 3.51. The summed E-state index contributed by atoms with van der Waals surface area (Å²) in [5, 5.41) is 3.01. The van der Waals surface area contributed by atoms with E-state index >= 15 is 0 Å². The van der Waals surface area contributed by atoms with Gasteiger partial charge in [-0.25, -0.2) is 4.79 Å². The first-order valence-corrected chi connectivity index (χ1v) is 9.08. The summed E-state index contributed by atoms with van der Waals surface area (Å²) in [6, 6.07) is 16.4. The second-order valence-corrected chi connectivity index (χ2v) is 6.71. The molecule has 1 saturated heterocycles. The van der Waals surface area contributed by atoms with Crippen molar-refractivity contribution in [2.24, 2.45) is 0 Å². The van der Waals surface area contributed by atoms with E-state index in [1.54, 1.807) is 7.11 Å². The minimum absolute atomic E-state index is 0.0190. The maximum atomic E-state index is 12.3. The normalized spacial score (nSPS) is 14.9. The van der Waals surface area contributed by atoms with Gasteiger partial charge in [-0.2, -0.15) is 0 Å². The lowest BCUT2D eigenvalue weighted by atomic mass is 10.1. The molecule has 2 aromatic carbocycles. The second kappa shape index (κ2) is 8.72. The molecule has 5 nitrogen and oxygen atoms in total. The molecule has 1 N–H and O–H groups in total. The predicted molar refractivity (Wildman–Crippen MR) is 103 cm³/mol. The van der Waals surface area contributed by atoms with Crippen LogP contribution in [0, 0.1) is 6.92 Å². The highest BCUT2D eigenvalue weighted by molar-refractivity contribution is 5.74. The van der Waals surface area contributed by atoms with E-state index in [1.165, 1.54) is 5.56 Å². The molecule has 0 saturated carbocycles. The molecule has 5 heteroatoms. The monoisotopic (exact) mass is 353 g/mol. The van der Waals surface area contributed by atoms with Crippen molar-refractivity contribution < 1.29 is 9.53 Å². The summed E-state index contributed by atoms with van der Waals surface area (Å²) in [7, 11) is 1.71. The molecule has 0 spiro atoms. The van der Waals surface area contributed by atoms with Crippen LogP contribution in [0.15, 0.2) is 48.5 Å². The first-order chi connectivity index (χ1) is 12.7. The Balaban J connectivity index is 1.45. The van der Waals surface area contributed by atoms with Crippen molar-refractivity contribution in [3.05, 3.63) is 65.2 Å². The highest BCUT2D eigenvalue weighted by Gasteiger charge is 2.21. The molecule has 1 aliphatic rings. The van der Waals surface area contributed by atoms with Gasteiger partial charge in [0.1, 0.15) is 5.75 Å². The first kappa shape index (κ1) is 18.3. The average molecular weight is 353 g/mol. The Morgan fingerprint density at radius 1 is 1.04 bits per heavy atom. The minimum Gasteiger partial charge on any atom is -0.496 e. The van der Waals surface area contributed by atoms with Gasteiger partial charge in [-0.15, -0.1) is 0 Å². The van der Waals surface area contributed by atoms with Gasteiger partial charge >= 0.3 is 6.03 Å². The Bertz CT molecular complexity index is 725. The first-order valence-electron chi connectivity index (χ1n) is 9.08. The summed E-state index contributed by atoms with van der Waals surface area (Å²) in [4.78, 5) is 16.6. The fourth-order valence-corrected chi connectivity index (χ4v) is 3.22. The van der Waals surface area contributed by atoms with Crippen LogP contribution in [-0.2, 0) is 13.1 Å². The van der Waals surface area contributed by atoms with Crippen LogP contribution in [0.1, 0.15) is 16.7 Å². The van der Waals surface area contributed by atoms with E-state index in [-0.39, 0.29) is 6.03 Å². The van der Waals surface area contributed by atoms with Gasteiger partial charge in [-0.3, -0.25) is 4.90 Å². The SMILES string of the molecule is COc1cc(CN2CCN(C(=O)NCc3ccccc3)CC2)ccc1C. The standard InChI is InChI=1S/C21H27N3O2/c1-17-8-9-19(14-20(17)26-2)16-23-10-12-24(13-11-23)21(25)22-15-18-6-4-3-5-7-18/h3-9,14H,10-13,15-16H2,1-2H3,(H,22,25). The van der Waals surface area contributed by atoms with E-state index < -0.39 is 0 Å². The van der Waals surface area contributed by atoms with Crippen LogP contribution < -0.4 is 10.1 Å². The third kappa shape index (κ3) is 4.76. The summed E-state index contributed by atoms with van der Waals surface area (Å²) in [6.45, 7) is 6.78. The number of carbonyl (C=O) groups excluding carboxylic acids is 1. The summed E-state index contributed by atoms with van der Waals surface area (Å²) in [6.07, 6.45) is 0. The summed E-state index contributed by atoms with van der Waals surface area (Å²) >= 11 is 0. The molecule has 0 unspecified atom stereocenters. The molecule has 3 rings (SSSR count). The molecule has 1 fully saturated rings. The van der Waals surface area contributed by atoms with E-state index in [2.05, 4.69) is 35.3 Å². The topological polar surface area (TPSA) is 44.8 Å². The van der Waals surface area contributed by atoms with Gasteiger partial charge in [0.2, 0.25) is 0 Å². The van der Waals surface area contributed by atoms with Crippen molar-refractivity contribution in [3.8, 4) is 5.75 Å². The maximum Gasteiger partial charge on any atom is 0.317 e. The number of amides is 2. The van der Waals surface area contributed by atoms with Gasteiger partial charge < -0.3 is 15.0 Å². The predicted octanol–water partition coefficient (Wildman–Crippen LogP) is 3.03. The number of rotatable bonds is 5. The smallest absolute Gasteiger partial charge is 0.317 e. The molecular formula is C21H27N3O2. The Kier molecular flexibility index (Phi) is 6.12. The number of hydrogen-bond acceptors (Lipinski definition) is 3. The number of ether oxygens (including phenoxy) is 1. The van der Waals surface area contributed by atoms with E-state index in [4.69, 9.17) is 4.74 Å². The van der Waals surface area contributed by atoms with Crippen molar-refractivity contribution in [2.75, 3.05) is 33.3 Å². The number of aryl methyl sites for hydroxylation is 1. The van der Waals surface area contributed by atoms with Gasteiger partial charge in [0, 0.05) is 39.3 Å². The number of hydrogen-bond donors (Lipinski definition) is 1.